The van der Waals surface area contributed by atoms with Gasteiger partial charge in [-0.25, -0.2) is 0 Å². The smallest absolute Gasteiger partial charge is 0.282 e. The molecule has 1 N–H and O–H groups in total. The van der Waals surface area contributed by atoms with Crippen molar-refractivity contribution in [1.82, 2.24) is 4.73 Å². The van der Waals surface area contributed by atoms with Crippen molar-refractivity contribution in [3.63, 3.8) is 0 Å². The highest BCUT2D eigenvalue weighted by Crippen LogP contribution is 2.31. The summed E-state index contributed by atoms with van der Waals surface area (Å²) in [6.45, 7) is 0. The molecule has 0 amide bonds. The minimum Gasteiger partial charge on any atom is -0.425 e. The van der Waals surface area contributed by atoms with Gasteiger partial charge in [-0.05, 0) is 24.3 Å². The number of nitrogens with zero attached hydrogens (tertiary/aromatic N) is 1. The second-order valence-electron chi connectivity index (χ2n) is 3.98. The number of rotatable bonds is 1. The Balaban J connectivity index is 2.22. The molecule has 1 aliphatic carbocycles. The molecule has 76 valence electrons. The van der Waals surface area contributed by atoms with Gasteiger partial charge in [0.15, 0.2) is 0 Å². The average molecular weight is 193 g/mol. The predicted molar refractivity (Wildman–Crippen MR) is 53.7 cm³/mol. The third kappa shape index (κ3) is 1.81. The molecule has 0 saturated heterocycles. The number of hydrogen-bond acceptors (Lipinski definition) is 2. The van der Waals surface area contributed by atoms with Gasteiger partial charge in [0.2, 0.25) is 0 Å². The van der Waals surface area contributed by atoms with Gasteiger partial charge < -0.3 is 5.21 Å². The maximum absolute atomic E-state index is 11.0. The molecule has 1 fully saturated rings. The molecule has 1 aromatic rings. The quantitative estimate of drug-likeness (QED) is 0.694. The van der Waals surface area contributed by atoms with Gasteiger partial charge in [0, 0.05) is 6.07 Å². The lowest BCUT2D eigenvalue weighted by atomic mass is 9.85. The third-order valence-electron chi connectivity index (χ3n) is 2.99. The lowest BCUT2D eigenvalue weighted by Gasteiger charge is -2.21. The van der Waals surface area contributed by atoms with Crippen LogP contribution in [0.5, 0.6) is 0 Å². The van der Waals surface area contributed by atoms with Crippen molar-refractivity contribution in [2.45, 2.75) is 38.0 Å². The molecule has 3 heteroatoms. The van der Waals surface area contributed by atoms with E-state index >= 15 is 0 Å². The summed E-state index contributed by atoms with van der Waals surface area (Å²) in [6.07, 6.45) is 7.74. The molecule has 1 aromatic heterocycles. The van der Waals surface area contributed by atoms with E-state index < -0.39 is 0 Å². The van der Waals surface area contributed by atoms with Crippen molar-refractivity contribution in [3.8, 4) is 0 Å². The Morgan fingerprint density at radius 1 is 1.21 bits per heavy atom. The Labute approximate surface area is 83.0 Å². The summed E-state index contributed by atoms with van der Waals surface area (Å²) in [4.78, 5) is 11.0. The highest BCUT2D eigenvalue weighted by molar-refractivity contribution is 5.15. The summed E-state index contributed by atoms with van der Waals surface area (Å²) in [5.74, 6) is 0.530. The molecule has 0 spiro atoms. The van der Waals surface area contributed by atoms with Crippen LogP contribution in [0.25, 0.3) is 0 Å². The molecule has 1 heterocycles. The van der Waals surface area contributed by atoms with Crippen molar-refractivity contribution in [1.29, 1.82) is 0 Å². The van der Waals surface area contributed by atoms with E-state index in [1.807, 2.05) is 6.07 Å². The summed E-state index contributed by atoms with van der Waals surface area (Å²) in [5, 5.41) is 9.23. The summed E-state index contributed by atoms with van der Waals surface area (Å²) in [6, 6.07) is 3.27. The number of pyridine rings is 1. The molecule has 2 rings (SSSR count). The maximum Gasteiger partial charge on any atom is 0.282 e. The molecule has 0 aromatic carbocycles. The van der Waals surface area contributed by atoms with Crippen LogP contribution in [0.2, 0.25) is 0 Å². The highest BCUT2D eigenvalue weighted by Gasteiger charge is 2.15. The van der Waals surface area contributed by atoms with Crippen LogP contribution in [-0.2, 0) is 0 Å². The molecule has 0 aliphatic heterocycles. The van der Waals surface area contributed by atoms with E-state index in [1.165, 1.54) is 38.2 Å². The van der Waals surface area contributed by atoms with Crippen molar-refractivity contribution in [3.05, 3.63) is 34.2 Å². The fourth-order valence-corrected chi connectivity index (χ4v) is 2.17. The minimum atomic E-state index is -0.357. The van der Waals surface area contributed by atoms with Crippen LogP contribution in [0, 0.1) is 0 Å². The largest absolute Gasteiger partial charge is 0.425 e. The topological polar surface area (TPSA) is 42.2 Å². The van der Waals surface area contributed by atoms with Gasteiger partial charge in [0.1, 0.15) is 0 Å². The maximum atomic E-state index is 11.0. The van der Waals surface area contributed by atoms with E-state index in [1.54, 1.807) is 6.20 Å². The fraction of sp³-hybridized carbons (Fsp3) is 0.545. The summed E-state index contributed by atoms with van der Waals surface area (Å²) in [7, 11) is 0. The van der Waals surface area contributed by atoms with Crippen LogP contribution in [0.1, 0.15) is 43.6 Å². The van der Waals surface area contributed by atoms with Gasteiger partial charge in [-0.3, -0.25) is 4.79 Å². The number of aromatic nitrogens is 1. The van der Waals surface area contributed by atoms with Crippen molar-refractivity contribution in [2.24, 2.45) is 0 Å². The van der Waals surface area contributed by atoms with Crippen LogP contribution in [0.3, 0.4) is 0 Å². The summed E-state index contributed by atoms with van der Waals surface area (Å²) in [5.41, 5.74) is 0.733. The van der Waals surface area contributed by atoms with Gasteiger partial charge >= 0.3 is 0 Å². The standard InChI is InChI=1S/C11H15NO2/c13-11-7-6-10(8-12(11)14)9-4-2-1-3-5-9/h6-9,14H,1-5H2. The van der Waals surface area contributed by atoms with Crippen molar-refractivity contribution >= 4 is 0 Å². The zero-order valence-corrected chi connectivity index (χ0v) is 8.15. The monoisotopic (exact) mass is 193 g/mol. The Hall–Kier alpha value is -1.25. The molecule has 0 bridgehead atoms. The SMILES string of the molecule is O=c1ccc(C2CCCCC2)cn1O. The van der Waals surface area contributed by atoms with E-state index in [2.05, 4.69) is 0 Å². The van der Waals surface area contributed by atoms with E-state index in [9.17, 15) is 10.0 Å². The van der Waals surface area contributed by atoms with Crippen LogP contribution >= 0.6 is 0 Å². The first-order valence-corrected chi connectivity index (χ1v) is 5.19. The van der Waals surface area contributed by atoms with Crippen LogP contribution < -0.4 is 5.56 Å². The van der Waals surface area contributed by atoms with E-state index in [-0.39, 0.29) is 5.56 Å². The highest BCUT2D eigenvalue weighted by atomic mass is 16.5. The van der Waals surface area contributed by atoms with Gasteiger partial charge in [-0.15, -0.1) is 0 Å². The predicted octanol–water partition coefficient (Wildman–Crippen LogP) is 2.13. The summed E-state index contributed by atoms with van der Waals surface area (Å²) >= 11 is 0. The number of hydrogen-bond donors (Lipinski definition) is 1. The Morgan fingerprint density at radius 2 is 1.93 bits per heavy atom. The molecule has 1 saturated carbocycles. The van der Waals surface area contributed by atoms with Gasteiger partial charge in [-0.2, -0.15) is 4.73 Å². The van der Waals surface area contributed by atoms with Crippen LogP contribution in [0.4, 0.5) is 0 Å². The van der Waals surface area contributed by atoms with Gasteiger partial charge in [0.25, 0.3) is 5.56 Å². The second-order valence-corrected chi connectivity index (χ2v) is 3.98. The average Bonchev–Trinajstić information content (AvgIpc) is 2.23. The first-order valence-electron chi connectivity index (χ1n) is 5.19. The minimum absolute atomic E-state index is 0.357. The van der Waals surface area contributed by atoms with Crippen LogP contribution in [-0.4, -0.2) is 9.94 Å². The van der Waals surface area contributed by atoms with Crippen LogP contribution in [0.15, 0.2) is 23.1 Å². The first kappa shape index (κ1) is 9.31. The molecule has 0 unspecified atom stereocenters. The molecule has 3 nitrogen and oxygen atoms in total. The lowest BCUT2D eigenvalue weighted by molar-refractivity contribution is 0.173. The second kappa shape index (κ2) is 3.86. The Morgan fingerprint density at radius 3 is 2.57 bits per heavy atom. The molecular weight excluding hydrogens is 178 g/mol. The third-order valence-corrected chi connectivity index (χ3v) is 2.99. The zero-order chi connectivity index (χ0) is 9.97. The molecule has 1 aliphatic rings. The fourth-order valence-electron chi connectivity index (χ4n) is 2.17. The zero-order valence-electron chi connectivity index (χ0n) is 8.15. The Bertz CT molecular complexity index is 364. The molecule has 0 radical (unpaired) electrons. The van der Waals surface area contributed by atoms with E-state index in [4.69, 9.17) is 0 Å². The van der Waals surface area contributed by atoms with Crippen molar-refractivity contribution < 1.29 is 5.21 Å². The van der Waals surface area contributed by atoms with Gasteiger partial charge in [0.05, 0.1) is 6.20 Å². The van der Waals surface area contributed by atoms with E-state index in [0.717, 1.165) is 5.56 Å². The Kier molecular flexibility index (Phi) is 2.57. The van der Waals surface area contributed by atoms with Gasteiger partial charge in [-0.1, -0.05) is 25.3 Å². The molecule has 14 heavy (non-hydrogen) atoms. The lowest BCUT2D eigenvalue weighted by Crippen LogP contribution is -2.17. The van der Waals surface area contributed by atoms with E-state index in [0.29, 0.717) is 10.6 Å². The molecular formula is C11H15NO2. The van der Waals surface area contributed by atoms with Crippen molar-refractivity contribution in [2.75, 3.05) is 0 Å². The first-order chi connectivity index (χ1) is 6.77. The normalized spacial score (nSPS) is 18.3. The molecule has 0 atom stereocenters. The summed E-state index contributed by atoms with van der Waals surface area (Å²) < 4.78 is 0.684.